The van der Waals surface area contributed by atoms with Crippen LogP contribution in [0.3, 0.4) is 0 Å². The van der Waals surface area contributed by atoms with E-state index in [-0.39, 0.29) is 36.9 Å². The molecule has 4 heterocycles. The number of carbonyl (C=O) groups is 2. The Morgan fingerprint density at radius 3 is 2.89 bits per heavy atom. The predicted molar refractivity (Wildman–Crippen MR) is 125 cm³/mol. The zero-order valence-corrected chi connectivity index (χ0v) is 19.0. The lowest BCUT2D eigenvalue weighted by molar-refractivity contribution is -0.153. The van der Waals surface area contributed by atoms with E-state index in [1.807, 2.05) is 0 Å². The number of carbonyl (C=O) groups excluding carboxylic acids is 2. The molecule has 1 aliphatic carbocycles. The molecule has 0 spiro atoms. The van der Waals surface area contributed by atoms with Crippen molar-refractivity contribution in [1.82, 2.24) is 24.7 Å². The van der Waals surface area contributed by atoms with Crippen LogP contribution in [0.4, 0.5) is 14.6 Å². The second kappa shape index (κ2) is 8.01. The van der Waals surface area contributed by atoms with E-state index in [1.165, 1.54) is 16.8 Å². The van der Waals surface area contributed by atoms with Crippen molar-refractivity contribution < 1.29 is 23.1 Å². The summed E-state index contributed by atoms with van der Waals surface area (Å²) in [6, 6.07) is 7.51. The highest BCUT2D eigenvalue weighted by atomic mass is 19.1. The maximum atomic E-state index is 14.3. The summed E-state index contributed by atoms with van der Waals surface area (Å²) in [7, 11) is 0. The standard InChI is InChI=1S/C25H18F2N6O3/c1-2-36-24(35)25-9-5-8-17-18(25)20(31-23(25)34)30-21(29-17)19-15-10-14(26)11-28-22(15)33(32-19)12-13-6-3-4-7-16(13)27/h3-8,10-11H,2,9,12H2,1H3,(H,29,30,31,34)/t25-/m1/s1. The lowest BCUT2D eigenvalue weighted by Gasteiger charge is -2.26. The molecule has 4 aromatic rings. The summed E-state index contributed by atoms with van der Waals surface area (Å²) < 4.78 is 35.2. The number of benzene rings is 1. The summed E-state index contributed by atoms with van der Waals surface area (Å²) in [6.07, 6.45) is 4.55. The quantitative estimate of drug-likeness (QED) is 0.339. The molecule has 2 aliphatic rings. The molecule has 0 unspecified atom stereocenters. The number of esters is 1. The Bertz CT molecular complexity index is 1620. The molecule has 1 atom stereocenters. The number of fused-ring (bicyclic) bond motifs is 1. The van der Waals surface area contributed by atoms with Crippen LogP contribution in [0.5, 0.6) is 0 Å². The van der Waals surface area contributed by atoms with Crippen molar-refractivity contribution in [1.29, 1.82) is 0 Å². The van der Waals surface area contributed by atoms with E-state index in [9.17, 15) is 18.4 Å². The average molecular weight is 488 g/mol. The molecule has 11 heteroatoms. The highest BCUT2D eigenvalue weighted by Gasteiger charge is 2.57. The number of anilines is 1. The number of allylic oxidation sites excluding steroid dienone is 1. The molecule has 1 aliphatic heterocycles. The normalized spacial score (nSPS) is 17.8. The van der Waals surface area contributed by atoms with Gasteiger partial charge in [0.2, 0.25) is 5.91 Å². The minimum atomic E-state index is -1.56. The van der Waals surface area contributed by atoms with Gasteiger partial charge in [0.1, 0.15) is 23.1 Å². The Hall–Kier alpha value is -4.54. The second-order valence-corrected chi connectivity index (χ2v) is 8.46. The predicted octanol–water partition coefficient (Wildman–Crippen LogP) is 3.38. The number of aromatic nitrogens is 5. The van der Waals surface area contributed by atoms with Gasteiger partial charge in [0.05, 0.1) is 30.4 Å². The van der Waals surface area contributed by atoms with Crippen LogP contribution in [-0.2, 0) is 26.3 Å². The van der Waals surface area contributed by atoms with Gasteiger partial charge < -0.3 is 10.1 Å². The maximum Gasteiger partial charge on any atom is 0.326 e. The largest absolute Gasteiger partial charge is 0.465 e. The van der Waals surface area contributed by atoms with Crippen molar-refractivity contribution >= 4 is 34.8 Å². The van der Waals surface area contributed by atoms with Gasteiger partial charge in [-0.3, -0.25) is 9.59 Å². The van der Waals surface area contributed by atoms with Crippen LogP contribution in [-0.4, -0.2) is 43.2 Å². The van der Waals surface area contributed by atoms with Crippen LogP contribution >= 0.6 is 0 Å². The van der Waals surface area contributed by atoms with Crippen molar-refractivity contribution in [2.75, 3.05) is 11.9 Å². The first-order valence-corrected chi connectivity index (χ1v) is 11.3. The highest BCUT2D eigenvalue weighted by Crippen LogP contribution is 2.46. The third kappa shape index (κ3) is 3.12. The van der Waals surface area contributed by atoms with Crippen LogP contribution in [0.25, 0.3) is 28.6 Å². The number of halogens is 2. The van der Waals surface area contributed by atoms with Crippen LogP contribution in [0.15, 0.2) is 42.6 Å². The third-order valence-corrected chi connectivity index (χ3v) is 6.35. The topological polar surface area (TPSA) is 112 Å². The zero-order chi connectivity index (χ0) is 25.0. The number of amides is 1. The van der Waals surface area contributed by atoms with E-state index in [0.717, 1.165) is 6.20 Å². The van der Waals surface area contributed by atoms with E-state index in [1.54, 1.807) is 37.3 Å². The molecule has 0 radical (unpaired) electrons. The molecule has 180 valence electrons. The van der Waals surface area contributed by atoms with Crippen molar-refractivity contribution in [3.8, 4) is 11.5 Å². The molecular formula is C25H18F2N6O3. The first kappa shape index (κ1) is 22.0. The third-order valence-electron chi connectivity index (χ3n) is 6.35. The fourth-order valence-electron chi connectivity index (χ4n) is 4.72. The Labute approximate surface area is 202 Å². The Kier molecular flexibility index (Phi) is 4.88. The lowest BCUT2D eigenvalue weighted by atomic mass is 9.75. The van der Waals surface area contributed by atoms with Gasteiger partial charge in [0.25, 0.3) is 0 Å². The molecule has 1 aromatic carbocycles. The van der Waals surface area contributed by atoms with Gasteiger partial charge in [-0.2, -0.15) is 5.10 Å². The summed E-state index contributed by atoms with van der Waals surface area (Å²) in [5.74, 6) is -1.96. The summed E-state index contributed by atoms with van der Waals surface area (Å²) in [5.41, 5.74) is 0.0277. The molecule has 6 rings (SSSR count). The minimum absolute atomic E-state index is 0.0439. The molecule has 9 nitrogen and oxygen atoms in total. The SMILES string of the molecule is CCOC(=O)[C@]12CC=Cc3nc(-c4nn(Cc5ccccc5F)c5ncc(F)cc45)nc(c31)NC2=O. The van der Waals surface area contributed by atoms with Gasteiger partial charge in [-0.1, -0.05) is 24.3 Å². The van der Waals surface area contributed by atoms with Crippen molar-refractivity contribution in [3.05, 3.63) is 71.1 Å². The molecule has 0 saturated carbocycles. The van der Waals surface area contributed by atoms with Crippen molar-refractivity contribution in [2.24, 2.45) is 0 Å². The average Bonchev–Trinajstić information content (AvgIpc) is 3.36. The second-order valence-electron chi connectivity index (χ2n) is 8.46. The van der Waals surface area contributed by atoms with Crippen LogP contribution in [0.2, 0.25) is 0 Å². The Morgan fingerprint density at radius 2 is 2.08 bits per heavy atom. The smallest absolute Gasteiger partial charge is 0.326 e. The highest BCUT2D eigenvalue weighted by molar-refractivity contribution is 6.20. The van der Waals surface area contributed by atoms with Gasteiger partial charge in [0.15, 0.2) is 16.9 Å². The van der Waals surface area contributed by atoms with Crippen LogP contribution < -0.4 is 5.32 Å². The molecular weight excluding hydrogens is 470 g/mol. The number of hydrogen-bond acceptors (Lipinski definition) is 7. The maximum absolute atomic E-state index is 14.3. The molecule has 1 amide bonds. The summed E-state index contributed by atoms with van der Waals surface area (Å²) in [5, 5.41) is 7.54. The van der Waals surface area contributed by atoms with E-state index in [2.05, 4.69) is 25.4 Å². The fraction of sp³-hybridized carbons (Fsp3) is 0.200. The number of hydrogen-bond donors (Lipinski definition) is 1. The number of rotatable bonds is 5. The van der Waals surface area contributed by atoms with Crippen LogP contribution in [0, 0.1) is 11.6 Å². The molecule has 0 bridgehead atoms. The first-order valence-electron chi connectivity index (χ1n) is 11.3. The van der Waals surface area contributed by atoms with Gasteiger partial charge in [0, 0.05) is 11.1 Å². The Morgan fingerprint density at radius 1 is 1.25 bits per heavy atom. The number of nitrogens with zero attached hydrogens (tertiary/aromatic N) is 5. The van der Waals surface area contributed by atoms with Gasteiger partial charge in [-0.15, -0.1) is 0 Å². The van der Waals surface area contributed by atoms with E-state index in [0.29, 0.717) is 27.9 Å². The first-order chi connectivity index (χ1) is 17.4. The van der Waals surface area contributed by atoms with Gasteiger partial charge in [-0.25, -0.2) is 28.4 Å². The number of pyridine rings is 1. The molecule has 3 aromatic heterocycles. The number of nitrogens with one attached hydrogen (secondary N) is 1. The van der Waals surface area contributed by atoms with Gasteiger partial charge >= 0.3 is 5.97 Å². The van der Waals surface area contributed by atoms with Crippen molar-refractivity contribution in [3.63, 3.8) is 0 Å². The van der Waals surface area contributed by atoms with E-state index >= 15 is 0 Å². The van der Waals surface area contributed by atoms with E-state index in [4.69, 9.17) is 4.74 Å². The summed E-state index contributed by atoms with van der Waals surface area (Å²) >= 11 is 0. The summed E-state index contributed by atoms with van der Waals surface area (Å²) in [6.45, 7) is 1.82. The number of ether oxygens (including phenoxy) is 1. The molecule has 0 saturated heterocycles. The molecule has 1 N–H and O–H groups in total. The Balaban J connectivity index is 1.52. The van der Waals surface area contributed by atoms with Crippen LogP contribution in [0.1, 0.15) is 30.2 Å². The lowest BCUT2D eigenvalue weighted by Crippen LogP contribution is -2.44. The minimum Gasteiger partial charge on any atom is -0.465 e. The fourth-order valence-corrected chi connectivity index (χ4v) is 4.72. The molecule has 36 heavy (non-hydrogen) atoms. The van der Waals surface area contributed by atoms with Crippen molar-refractivity contribution in [2.45, 2.75) is 25.3 Å². The van der Waals surface area contributed by atoms with Gasteiger partial charge in [-0.05, 0) is 31.6 Å². The zero-order valence-electron chi connectivity index (χ0n) is 19.0. The molecule has 0 fully saturated rings. The monoisotopic (exact) mass is 488 g/mol. The summed E-state index contributed by atoms with van der Waals surface area (Å²) in [4.78, 5) is 39.1. The van der Waals surface area contributed by atoms with E-state index < -0.39 is 28.9 Å².